The minimum atomic E-state index is -0.592. The van der Waals surface area contributed by atoms with Crippen molar-refractivity contribution in [1.29, 1.82) is 5.26 Å². The summed E-state index contributed by atoms with van der Waals surface area (Å²) >= 11 is 0. The molecular weight excluding hydrogens is 326 g/mol. The summed E-state index contributed by atoms with van der Waals surface area (Å²) in [5.74, 6) is 0.0417. The van der Waals surface area contributed by atoms with Crippen molar-refractivity contribution in [2.24, 2.45) is 0 Å². The van der Waals surface area contributed by atoms with Crippen molar-refractivity contribution in [2.45, 2.75) is 45.3 Å². The fraction of sp³-hybridized carbons (Fsp3) is 0.529. The van der Waals surface area contributed by atoms with Crippen molar-refractivity contribution < 1.29 is 19.2 Å². The lowest BCUT2D eigenvalue weighted by atomic mass is 10.1. The van der Waals surface area contributed by atoms with Crippen LogP contribution in [0.25, 0.3) is 0 Å². The number of ether oxygens (including phenoxy) is 2. The number of amides is 1. The zero-order valence-electron chi connectivity index (χ0n) is 14.5. The molecule has 1 saturated heterocycles. The number of benzene rings is 1. The monoisotopic (exact) mass is 347 g/mol. The Morgan fingerprint density at radius 2 is 2.16 bits per heavy atom. The Kier molecular flexibility index (Phi) is 5.47. The van der Waals surface area contributed by atoms with E-state index in [9.17, 15) is 14.9 Å². The topological polar surface area (TPSA) is 106 Å². The maximum Gasteiger partial charge on any atom is 0.410 e. The van der Waals surface area contributed by atoms with Gasteiger partial charge in [0.2, 0.25) is 0 Å². The number of nitro groups is 1. The van der Waals surface area contributed by atoms with Crippen LogP contribution < -0.4 is 4.74 Å². The molecule has 0 aromatic heterocycles. The van der Waals surface area contributed by atoms with Gasteiger partial charge >= 0.3 is 11.8 Å². The van der Waals surface area contributed by atoms with Gasteiger partial charge in [-0.25, -0.2) is 4.79 Å². The predicted octanol–water partition coefficient (Wildman–Crippen LogP) is 3.24. The van der Waals surface area contributed by atoms with Crippen molar-refractivity contribution in [3.63, 3.8) is 0 Å². The Labute approximate surface area is 146 Å². The van der Waals surface area contributed by atoms with Gasteiger partial charge in [0.05, 0.1) is 23.1 Å². The van der Waals surface area contributed by atoms with Crippen LogP contribution in [-0.2, 0) is 4.74 Å². The second-order valence-corrected chi connectivity index (χ2v) is 6.86. The molecule has 0 bridgehead atoms. The van der Waals surface area contributed by atoms with E-state index >= 15 is 0 Å². The fourth-order valence-corrected chi connectivity index (χ4v) is 2.54. The summed E-state index contributed by atoms with van der Waals surface area (Å²) in [6, 6.07) is 5.91. The molecule has 0 aliphatic carbocycles. The van der Waals surface area contributed by atoms with Crippen molar-refractivity contribution in [1.82, 2.24) is 4.90 Å². The molecular formula is C17H21N3O5. The van der Waals surface area contributed by atoms with Gasteiger partial charge in [0.1, 0.15) is 11.7 Å². The van der Waals surface area contributed by atoms with Gasteiger partial charge in [-0.2, -0.15) is 5.26 Å². The average Bonchev–Trinajstić information content (AvgIpc) is 2.53. The summed E-state index contributed by atoms with van der Waals surface area (Å²) in [6.07, 6.45) is 0.540. The molecule has 1 aliphatic heterocycles. The van der Waals surface area contributed by atoms with Crippen LogP contribution >= 0.6 is 0 Å². The quantitative estimate of drug-likeness (QED) is 0.614. The molecule has 1 atom stereocenters. The van der Waals surface area contributed by atoms with Crippen molar-refractivity contribution in [3.05, 3.63) is 33.9 Å². The number of rotatable bonds is 3. The SMILES string of the molecule is CC(C)(C)OC(=O)N1CCC[C@H](Oc2cc(C#N)ccc2[N+](=O)[O-])C1. The molecule has 1 fully saturated rings. The first-order valence-corrected chi connectivity index (χ1v) is 8.03. The van der Waals surface area contributed by atoms with Gasteiger partial charge in [-0.1, -0.05) is 0 Å². The van der Waals surface area contributed by atoms with E-state index < -0.39 is 22.7 Å². The summed E-state index contributed by atoms with van der Waals surface area (Å²) in [5.41, 5.74) is -0.515. The van der Waals surface area contributed by atoms with Crippen LogP contribution in [0.1, 0.15) is 39.2 Å². The summed E-state index contributed by atoms with van der Waals surface area (Å²) in [7, 11) is 0. The number of carbonyl (C=O) groups is 1. The molecule has 0 radical (unpaired) electrons. The zero-order valence-corrected chi connectivity index (χ0v) is 14.5. The van der Waals surface area contributed by atoms with Crippen molar-refractivity contribution in [3.8, 4) is 11.8 Å². The lowest BCUT2D eigenvalue weighted by Gasteiger charge is -2.34. The molecule has 134 valence electrons. The number of nitriles is 1. The summed E-state index contributed by atoms with van der Waals surface area (Å²) in [6.45, 7) is 6.21. The number of carbonyl (C=O) groups excluding carboxylic acids is 1. The number of nitrogens with zero attached hydrogens (tertiary/aromatic N) is 3. The molecule has 8 nitrogen and oxygen atoms in total. The van der Waals surface area contributed by atoms with Crippen LogP contribution in [0.15, 0.2) is 18.2 Å². The number of nitro benzene ring substituents is 1. The van der Waals surface area contributed by atoms with Gasteiger partial charge in [0.25, 0.3) is 0 Å². The smallest absolute Gasteiger partial charge is 0.410 e. The standard InChI is InChI=1S/C17H21N3O5/c1-17(2,3)25-16(21)19-8-4-5-13(11-19)24-15-9-12(10-18)6-7-14(15)20(22)23/h6-7,9,13H,4-5,8,11H2,1-3H3/t13-/m0/s1. The zero-order chi connectivity index (χ0) is 18.6. The van der Waals surface area contributed by atoms with E-state index in [1.54, 1.807) is 25.7 Å². The highest BCUT2D eigenvalue weighted by molar-refractivity contribution is 5.68. The summed E-state index contributed by atoms with van der Waals surface area (Å²) in [5, 5.41) is 20.1. The Balaban J connectivity index is 2.11. The van der Waals surface area contributed by atoms with Crippen LogP contribution in [0.4, 0.5) is 10.5 Å². The van der Waals surface area contributed by atoms with E-state index in [1.165, 1.54) is 18.2 Å². The van der Waals surface area contributed by atoms with E-state index in [2.05, 4.69) is 0 Å². The number of likely N-dealkylation sites (tertiary alicyclic amines) is 1. The van der Waals surface area contributed by atoms with E-state index in [1.807, 2.05) is 6.07 Å². The number of hydrogen-bond acceptors (Lipinski definition) is 6. The molecule has 0 spiro atoms. The van der Waals surface area contributed by atoms with E-state index in [0.29, 0.717) is 19.4 Å². The van der Waals surface area contributed by atoms with E-state index in [4.69, 9.17) is 14.7 Å². The minimum absolute atomic E-state index is 0.0417. The van der Waals surface area contributed by atoms with Gasteiger partial charge in [0, 0.05) is 18.7 Å². The molecule has 2 rings (SSSR count). The van der Waals surface area contributed by atoms with Crippen molar-refractivity contribution in [2.75, 3.05) is 13.1 Å². The highest BCUT2D eigenvalue weighted by atomic mass is 16.6. The lowest BCUT2D eigenvalue weighted by molar-refractivity contribution is -0.386. The first-order chi connectivity index (χ1) is 11.7. The largest absolute Gasteiger partial charge is 0.482 e. The second kappa shape index (κ2) is 7.38. The van der Waals surface area contributed by atoms with E-state index in [0.717, 1.165) is 0 Å². The molecule has 0 N–H and O–H groups in total. The molecule has 1 aliphatic rings. The third kappa shape index (κ3) is 5.08. The van der Waals surface area contributed by atoms with Crippen LogP contribution in [-0.4, -0.2) is 40.7 Å². The third-order valence-electron chi connectivity index (χ3n) is 3.61. The Morgan fingerprint density at radius 3 is 2.76 bits per heavy atom. The molecule has 8 heteroatoms. The Morgan fingerprint density at radius 1 is 1.44 bits per heavy atom. The Bertz CT molecular complexity index is 705. The first kappa shape index (κ1) is 18.5. The molecule has 0 saturated carbocycles. The molecule has 1 heterocycles. The van der Waals surface area contributed by atoms with Crippen LogP contribution in [0.5, 0.6) is 5.75 Å². The van der Waals surface area contributed by atoms with Crippen LogP contribution in [0, 0.1) is 21.4 Å². The fourth-order valence-electron chi connectivity index (χ4n) is 2.54. The maximum absolute atomic E-state index is 12.2. The average molecular weight is 347 g/mol. The molecule has 25 heavy (non-hydrogen) atoms. The first-order valence-electron chi connectivity index (χ1n) is 8.03. The van der Waals surface area contributed by atoms with E-state index in [-0.39, 0.29) is 23.5 Å². The van der Waals surface area contributed by atoms with Gasteiger partial charge < -0.3 is 14.4 Å². The highest BCUT2D eigenvalue weighted by Crippen LogP contribution is 2.30. The summed E-state index contributed by atoms with van der Waals surface area (Å²) in [4.78, 5) is 24.3. The van der Waals surface area contributed by atoms with Crippen molar-refractivity contribution >= 4 is 11.8 Å². The molecule has 0 unspecified atom stereocenters. The normalized spacial score (nSPS) is 17.5. The van der Waals surface area contributed by atoms with Gasteiger partial charge in [-0.15, -0.1) is 0 Å². The lowest BCUT2D eigenvalue weighted by Crippen LogP contribution is -2.46. The van der Waals surface area contributed by atoms with Gasteiger partial charge in [0.15, 0.2) is 5.75 Å². The predicted molar refractivity (Wildman–Crippen MR) is 89.3 cm³/mol. The number of hydrogen-bond donors (Lipinski definition) is 0. The third-order valence-corrected chi connectivity index (χ3v) is 3.61. The summed E-state index contributed by atoms with van der Waals surface area (Å²) < 4.78 is 11.1. The van der Waals surface area contributed by atoms with Crippen LogP contribution in [0.3, 0.4) is 0 Å². The van der Waals surface area contributed by atoms with Gasteiger partial charge in [-0.3, -0.25) is 10.1 Å². The second-order valence-electron chi connectivity index (χ2n) is 6.86. The number of piperidine rings is 1. The highest BCUT2D eigenvalue weighted by Gasteiger charge is 2.30. The molecule has 1 aromatic rings. The maximum atomic E-state index is 12.2. The Hall–Kier alpha value is -2.82. The van der Waals surface area contributed by atoms with Crippen LogP contribution in [0.2, 0.25) is 0 Å². The molecule has 1 amide bonds. The minimum Gasteiger partial charge on any atom is -0.482 e. The molecule has 1 aromatic carbocycles. The van der Waals surface area contributed by atoms with Gasteiger partial charge in [-0.05, 0) is 39.7 Å².